The van der Waals surface area contributed by atoms with Crippen molar-refractivity contribution in [2.24, 2.45) is 0 Å². The van der Waals surface area contributed by atoms with Gasteiger partial charge in [0.25, 0.3) is 0 Å². The van der Waals surface area contributed by atoms with Crippen molar-refractivity contribution in [3.8, 4) is 0 Å². The van der Waals surface area contributed by atoms with Crippen LogP contribution in [0.3, 0.4) is 0 Å². The monoisotopic (exact) mass is 384 g/mol. The zero-order valence-corrected chi connectivity index (χ0v) is 10.7. The van der Waals surface area contributed by atoms with Gasteiger partial charge in [-0.2, -0.15) is 12.4 Å². The molecule has 0 bridgehead atoms. The van der Waals surface area contributed by atoms with Gasteiger partial charge in [-0.3, -0.25) is 0 Å². The molecule has 1 aromatic heterocycles. The van der Waals surface area contributed by atoms with E-state index in [1.807, 2.05) is 0 Å². The summed E-state index contributed by atoms with van der Waals surface area (Å²) in [5, 5.41) is 0. The van der Waals surface area contributed by atoms with Gasteiger partial charge >= 0.3 is 10.4 Å². The molecular weight excluding hydrogens is 387 g/mol. The maximum atomic E-state index is 12.5. The number of hydrogen-bond acceptors (Lipinski definition) is 3. The molecule has 12 heavy (non-hydrogen) atoms. The van der Waals surface area contributed by atoms with Crippen LogP contribution in [-0.4, -0.2) is 17.4 Å². The molecule has 68 valence electrons. The molecule has 4 nitrogen and oxygen atoms in total. The highest BCUT2D eigenvalue weighted by Crippen LogP contribution is 2.28. The van der Waals surface area contributed by atoms with E-state index in [0.29, 0.717) is 3.97 Å². The lowest BCUT2D eigenvalue weighted by molar-refractivity contribution is 0.539. The van der Waals surface area contributed by atoms with E-state index in [4.69, 9.17) is 0 Å². The lowest BCUT2D eigenvalue weighted by Crippen LogP contribution is -2.06. The zero-order chi connectivity index (χ0) is 9.52. The first kappa shape index (κ1) is 10.6. The maximum Gasteiger partial charge on any atom is 0.406 e. The molecule has 0 fully saturated rings. The second-order valence-corrected chi connectivity index (χ2v) is 5.07. The van der Waals surface area contributed by atoms with Crippen molar-refractivity contribution in [2.45, 2.75) is 0 Å². The van der Waals surface area contributed by atoms with E-state index in [9.17, 15) is 12.3 Å². The van der Waals surface area contributed by atoms with Crippen LogP contribution in [0.2, 0.25) is 0 Å². The molecule has 1 rings (SSSR count). The molecule has 0 aliphatic rings. The largest absolute Gasteiger partial charge is 0.406 e. The average Bonchev–Trinajstić information content (AvgIpc) is 2.05. The van der Waals surface area contributed by atoms with Crippen molar-refractivity contribution < 1.29 is 12.3 Å². The Kier molecular flexibility index (Phi) is 2.96. The number of halogens is 4. The van der Waals surface area contributed by atoms with Crippen LogP contribution >= 0.6 is 47.8 Å². The molecule has 9 heteroatoms. The first-order valence-corrected chi connectivity index (χ1v) is 6.10. The van der Waals surface area contributed by atoms with Crippen molar-refractivity contribution in [1.29, 1.82) is 0 Å². The van der Waals surface area contributed by atoms with E-state index in [1.165, 1.54) is 0 Å². The third-order valence-corrected chi connectivity index (χ3v) is 4.53. The fourth-order valence-electron chi connectivity index (χ4n) is 0.523. The summed E-state index contributed by atoms with van der Waals surface area (Å²) in [5.74, 6) is 0. The zero-order valence-electron chi connectivity index (χ0n) is 5.13. The van der Waals surface area contributed by atoms with Gasteiger partial charge in [-0.15, -0.1) is 0 Å². The van der Waals surface area contributed by atoms with E-state index >= 15 is 0 Å². The molecule has 0 atom stereocenters. The third kappa shape index (κ3) is 1.88. The van der Waals surface area contributed by atoms with Gasteiger partial charge in [0.1, 0.15) is 9.21 Å². The Labute approximate surface area is 92.9 Å². The van der Waals surface area contributed by atoms with Crippen LogP contribution in [0, 0.1) is 0 Å². The SMILES string of the molecule is O=S(=O)(F)n1c(Br)nc(Br)c1Br. The first-order valence-electron chi connectivity index (χ1n) is 2.38. The van der Waals surface area contributed by atoms with E-state index in [2.05, 4.69) is 52.8 Å². The number of imidazole rings is 1. The second-order valence-electron chi connectivity index (χ2n) is 1.67. The standard InChI is InChI=1S/C3Br3FN2O2S/c4-1-2(5)9(3(6)8-1)12(7,10)11. The molecule has 1 heterocycles. The van der Waals surface area contributed by atoms with Gasteiger partial charge in [0.15, 0.2) is 4.73 Å². The van der Waals surface area contributed by atoms with Crippen molar-refractivity contribution in [2.75, 3.05) is 0 Å². The van der Waals surface area contributed by atoms with Crippen molar-refractivity contribution >= 4 is 58.2 Å². The topological polar surface area (TPSA) is 52.0 Å². The fraction of sp³-hybridized carbons (Fsp3) is 0. The molecule has 0 aliphatic carbocycles. The number of rotatable bonds is 1. The molecule has 0 saturated heterocycles. The minimum absolute atomic E-state index is 0.00289. The molecule has 0 aromatic carbocycles. The maximum absolute atomic E-state index is 12.5. The van der Waals surface area contributed by atoms with Crippen LogP contribution in [0.15, 0.2) is 13.9 Å². The highest BCUT2D eigenvalue weighted by atomic mass is 79.9. The normalized spacial score (nSPS) is 12.0. The van der Waals surface area contributed by atoms with Crippen molar-refractivity contribution in [3.05, 3.63) is 13.9 Å². The van der Waals surface area contributed by atoms with E-state index in [-0.39, 0.29) is 13.9 Å². The number of aromatic nitrogens is 2. The highest BCUT2D eigenvalue weighted by Gasteiger charge is 2.21. The Balaban J connectivity index is 3.54. The minimum atomic E-state index is -4.81. The van der Waals surface area contributed by atoms with Crippen molar-refractivity contribution in [3.63, 3.8) is 0 Å². The lowest BCUT2D eigenvalue weighted by atomic mass is 11.0. The van der Waals surface area contributed by atoms with Crippen LogP contribution < -0.4 is 0 Å². The predicted octanol–water partition coefficient (Wildman–Crippen LogP) is 2.23. The van der Waals surface area contributed by atoms with Gasteiger partial charge in [-0.05, 0) is 47.8 Å². The molecule has 0 N–H and O–H groups in total. The summed E-state index contributed by atoms with van der Waals surface area (Å²) in [6, 6.07) is 0. The number of hydrogen-bond donors (Lipinski definition) is 0. The van der Waals surface area contributed by atoms with E-state index in [0.717, 1.165) is 0 Å². The van der Waals surface area contributed by atoms with Gasteiger partial charge in [0.05, 0.1) is 0 Å². The second kappa shape index (κ2) is 3.35. The van der Waals surface area contributed by atoms with E-state index < -0.39 is 10.4 Å². The highest BCUT2D eigenvalue weighted by molar-refractivity contribution is 9.13. The Morgan fingerprint density at radius 1 is 1.33 bits per heavy atom. The molecule has 1 aromatic rings. The Morgan fingerprint density at radius 2 is 1.83 bits per heavy atom. The lowest BCUT2D eigenvalue weighted by Gasteiger charge is -1.96. The summed E-state index contributed by atoms with van der Waals surface area (Å²) in [5.41, 5.74) is 0. The molecule has 0 spiro atoms. The molecule has 0 saturated carbocycles. The number of nitrogens with zero attached hydrogens (tertiary/aromatic N) is 2. The summed E-state index contributed by atoms with van der Waals surface area (Å²) in [6.07, 6.45) is 0. The van der Waals surface area contributed by atoms with E-state index in [1.54, 1.807) is 0 Å². The summed E-state index contributed by atoms with van der Waals surface area (Å²) >= 11 is 8.54. The van der Waals surface area contributed by atoms with Crippen LogP contribution in [0.1, 0.15) is 0 Å². The minimum Gasteiger partial charge on any atom is -0.213 e. The van der Waals surface area contributed by atoms with Gasteiger partial charge in [-0.1, -0.05) is 3.89 Å². The quantitative estimate of drug-likeness (QED) is 0.695. The third-order valence-electron chi connectivity index (χ3n) is 0.925. The summed E-state index contributed by atoms with van der Waals surface area (Å²) in [4.78, 5) is 3.61. The average molecular weight is 387 g/mol. The smallest absolute Gasteiger partial charge is 0.213 e. The molecule has 0 amide bonds. The van der Waals surface area contributed by atoms with Crippen molar-refractivity contribution in [1.82, 2.24) is 8.96 Å². The van der Waals surface area contributed by atoms with Gasteiger partial charge < -0.3 is 0 Å². The first-order chi connectivity index (χ1) is 5.34. The molecular formula is C3Br3FN2O2S. The van der Waals surface area contributed by atoms with Gasteiger partial charge in [-0.25, -0.2) is 4.98 Å². The predicted molar refractivity (Wildman–Crippen MR) is 50.8 cm³/mol. The molecule has 0 radical (unpaired) electrons. The Bertz CT molecular complexity index is 413. The van der Waals surface area contributed by atoms with Crippen LogP contribution in [0.4, 0.5) is 3.89 Å². The fourth-order valence-corrected chi connectivity index (χ4v) is 3.61. The van der Waals surface area contributed by atoms with Crippen LogP contribution in [-0.2, 0) is 10.4 Å². The molecule has 0 aliphatic heterocycles. The summed E-state index contributed by atoms with van der Waals surface area (Å²) < 4.78 is 33.8. The van der Waals surface area contributed by atoms with Crippen LogP contribution in [0.25, 0.3) is 0 Å². The molecule has 0 unspecified atom stereocenters. The Hall–Kier alpha value is 0.530. The Morgan fingerprint density at radius 3 is 2.00 bits per heavy atom. The van der Waals surface area contributed by atoms with Gasteiger partial charge in [0, 0.05) is 0 Å². The van der Waals surface area contributed by atoms with Gasteiger partial charge in [0.2, 0.25) is 0 Å². The van der Waals surface area contributed by atoms with Crippen LogP contribution in [0.5, 0.6) is 0 Å². The summed E-state index contributed by atoms with van der Waals surface area (Å²) in [6.45, 7) is 0. The summed E-state index contributed by atoms with van der Waals surface area (Å²) in [7, 11) is -4.81.